The molecular weight excluding hydrogens is 593 g/mol. The van der Waals surface area contributed by atoms with E-state index in [1.807, 2.05) is 72.8 Å². The van der Waals surface area contributed by atoms with E-state index in [9.17, 15) is 9.11 Å². The van der Waals surface area contributed by atoms with Gasteiger partial charge in [0.2, 0.25) is 0 Å². The van der Waals surface area contributed by atoms with Crippen LogP contribution in [0.25, 0.3) is 0 Å². The van der Waals surface area contributed by atoms with E-state index >= 15 is 0 Å². The van der Waals surface area contributed by atoms with E-state index in [0.717, 1.165) is 46.0 Å². The normalized spacial score (nSPS) is 25.2. The molecule has 0 aliphatic carbocycles. The molecule has 4 fully saturated rings. The van der Waals surface area contributed by atoms with E-state index in [0.29, 0.717) is 23.0 Å². The molecule has 8 heteroatoms. The van der Waals surface area contributed by atoms with Crippen LogP contribution in [0.5, 0.6) is 0 Å². The summed E-state index contributed by atoms with van der Waals surface area (Å²) in [5.41, 5.74) is 0. The SMILES string of the molecule is O[SH](CC1CO1)(CC1CO1)(c1ccccc1)c1ccccc1.O[SH](CC1CO1)(CC1CO1)(c1ccccc1)c1ccccc1. The van der Waals surface area contributed by atoms with Gasteiger partial charge in [-0.15, -0.1) is 0 Å². The fraction of sp³-hybridized carbons (Fsp3) is 0.333. The van der Waals surface area contributed by atoms with Gasteiger partial charge >= 0.3 is 0 Å². The Labute approximate surface area is 260 Å². The van der Waals surface area contributed by atoms with Gasteiger partial charge in [0.05, 0.1) is 50.8 Å². The van der Waals surface area contributed by atoms with Crippen LogP contribution in [0.2, 0.25) is 0 Å². The predicted molar refractivity (Wildman–Crippen MR) is 180 cm³/mol. The average Bonchev–Trinajstić information content (AvgIpc) is 3.85. The standard InChI is InChI=1S/2C18H22O3S/c2*19-22(13-15-11-20-15,14-16-12-21-16,17-7-3-1-4-8-17)18-9-5-2-6-10-18/h2*1-10,15-16,19,22H,11-14H2. The van der Waals surface area contributed by atoms with Crippen LogP contribution in [-0.2, 0) is 18.9 Å². The minimum atomic E-state index is -3.30. The molecule has 4 heterocycles. The fourth-order valence-electron chi connectivity index (χ4n) is 6.86. The van der Waals surface area contributed by atoms with Gasteiger partial charge in [0.25, 0.3) is 0 Å². The molecular formula is C36H44O6S2. The first-order valence-corrected chi connectivity index (χ1v) is 20.7. The molecule has 4 atom stereocenters. The zero-order valence-electron chi connectivity index (χ0n) is 24.9. The van der Waals surface area contributed by atoms with Crippen molar-refractivity contribution in [2.75, 3.05) is 49.4 Å². The van der Waals surface area contributed by atoms with Gasteiger partial charge in [0.1, 0.15) is 0 Å². The van der Waals surface area contributed by atoms with Crippen LogP contribution in [0.15, 0.2) is 141 Å². The van der Waals surface area contributed by atoms with Gasteiger partial charge in [0.15, 0.2) is 0 Å². The number of benzene rings is 4. The Bertz CT molecular complexity index is 1310. The van der Waals surface area contributed by atoms with Crippen LogP contribution >= 0.6 is 18.9 Å². The van der Waals surface area contributed by atoms with Crippen LogP contribution in [-0.4, -0.2) is 83.0 Å². The Morgan fingerprint density at radius 1 is 0.386 bits per heavy atom. The summed E-state index contributed by atoms with van der Waals surface area (Å²) in [6, 6.07) is 40.6. The summed E-state index contributed by atoms with van der Waals surface area (Å²) >= 11 is 0. The maximum absolute atomic E-state index is 12.3. The second kappa shape index (κ2) is 11.6. The highest BCUT2D eigenvalue weighted by Crippen LogP contribution is 2.80. The molecule has 4 aromatic rings. The highest BCUT2D eigenvalue weighted by molar-refractivity contribution is 8.45. The van der Waals surface area contributed by atoms with Crippen LogP contribution < -0.4 is 0 Å². The summed E-state index contributed by atoms with van der Waals surface area (Å²) in [5.74, 6) is 2.78. The topological polar surface area (TPSA) is 90.6 Å². The molecule has 4 saturated heterocycles. The number of ether oxygens (including phenoxy) is 4. The van der Waals surface area contributed by atoms with E-state index in [2.05, 4.69) is 48.5 Å². The van der Waals surface area contributed by atoms with Crippen molar-refractivity contribution in [3.63, 3.8) is 0 Å². The molecule has 44 heavy (non-hydrogen) atoms. The lowest BCUT2D eigenvalue weighted by Gasteiger charge is -2.58. The minimum Gasteiger partial charge on any atom is -0.372 e. The first-order valence-electron chi connectivity index (χ1n) is 15.6. The summed E-state index contributed by atoms with van der Waals surface area (Å²) < 4.78 is 46.6. The Morgan fingerprint density at radius 2 is 0.568 bits per heavy atom. The van der Waals surface area contributed by atoms with Gasteiger partial charge in [-0.3, -0.25) is 0 Å². The quantitative estimate of drug-likeness (QED) is 0.100. The first-order chi connectivity index (χ1) is 21.4. The third-order valence-electron chi connectivity index (χ3n) is 9.46. The molecule has 4 aliphatic heterocycles. The molecule has 0 saturated carbocycles. The second-order valence-corrected chi connectivity index (χ2v) is 22.1. The van der Waals surface area contributed by atoms with Crippen molar-refractivity contribution >= 4 is 18.9 Å². The summed E-state index contributed by atoms with van der Waals surface area (Å²) in [6.07, 6.45) is 0.673. The van der Waals surface area contributed by atoms with Crippen LogP contribution in [0.1, 0.15) is 0 Å². The summed E-state index contributed by atoms with van der Waals surface area (Å²) in [4.78, 5) is 4.19. The lowest BCUT2D eigenvalue weighted by Crippen LogP contribution is -2.31. The van der Waals surface area contributed by atoms with Gasteiger partial charge in [-0.2, -0.15) is 18.9 Å². The molecule has 0 spiro atoms. The van der Waals surface area contributed by atoms with Crippen molar-refractivity contribution in [2.45, 2.75) is 44.0 Å². The number of thiol groups is 2. The third-order valence-corrected chi connectivity index (χ3v) is 20.3. The van der Waals surface area contributed by atoms with Crippen LogP contribution in [0.3, 0.4) is 0 Å². The van der Waals surface area contributed by atoms with E-state index in [4.69, 9.17) is 18.9 Å². The predicted octanol–water partition coefficient (Wildman–Crippen LogP) is 6.90. The van der Waals surface area contributed by atoms with Gasteiger partial charge < -0.3 is 28.1 Å². The van der Waals surface area contributed by atoms with Gasteiger partial charge in [-0.1, -0.05) is 72.8 Å². The molecule has 0 radical (unpaired) electrons. The average molecular weight is 637 g/mol. The maximum atomic E-state index is 12.3. The van der Waals surface area contributed by atoms with E-state index < -0.39 is 18.9 Å². The molecule has 2 N–H and O–H groups in total. The molecule has 0 bridgehead atoms. The molecule has 0 amide bonds. The number of epoxide rings is 4. The van der Waals surface area contributed by atoms with E-state index in [-0.39, 0.29) is 24.4 Å². The Kier molecular flexibility index (Phi) is 7.92. The lowest BCUT2D eigenvalue weighted by molar-refractivity contribution is 0.412. The Hall–Kier alpha value is -2.66. The van der Waals surface area contributed by atoms with Crippen molar-refractivity contribution in [3.8, 4) is 0 Å². The highest BCUT2D eigenvalue weighted by atomic mass is 32.3. The van der Waals surface area contributed by atoms with Crippen LogP contribution in [0.4, 0.5) is 0 Å². The molecule has 4 aliphatic rings. The number of hydrogen-bond donors (Lipinski definition) is 4. The molecule has 4 aromatic carbocycles. The molecule has 8 rings (SSSR count). The zero-order chi connectivity index (χ0) is 30.1. The first kappa shape index (κ1) is 30.0. The van der Waals surface area contributed by atoms with Crippen molar-refractivity contribution in [2.24, 2.45) is 0 Å². The minimum absolute atomic E-state index is 0.168. The van der Waals surface area contributed by atoms with Crippen molar-refractivity contribution in [1.82, 2.24) is 0 Å². The second-order valence-electron chi connectivity index (χ2n) is 12.8. The molecule has 236 valence electrons. The lowest BCUT2D eigenvalue weighted by atomic mass is 10.4. The van der Waals surface area contributed by atoms with Gasteiger partial charge in [0, 0.05) is 23.0 Å². The van der Waals surface area contributed by atoms with Crippen molar-refractivity contribution in [3.05, 3.63) is 121 Å². The van der Waals surface area contributed by atoms with Crippen molar-refractivity contribution < 1.29 is 28.1 Å². The van der Waals surface area contributed by atoms with E-state index in [1.165, 1.54) is 0 Å². The monoisotopic (exact) mass is 636 g/mol. The van der Waals surface area contributed by atoms with Gasteiger partial charge in [-0.25, -0.2) is 0 Å². The molecule has 6 nitrogen and oxygen atoms in total. The summed E-state index contributed by atoms with van der Waals surface area (Å²) in [7, 11) is -6.60. The summed E-state index contributed by atoms with van der Waals surface area (Å²) in [6.45, 7) is 3.01. The Balaban J connectivity index is 0.000000142. The third kappa shape index (κ3) is 6.10. The largest absolute Gasteiger partial charge is 0.372 e. The molecule has 0 aromatic heterocycles. The number of rotatable bonds is 12. The molecule has 4 unspecified atom stereocenters. The maximum Gasteiger partial charge on any atom is 0.0895 e. The van der Waals surface area contributed by atoms with Crippen molar-refractivity contribution in [1.29, 1.82) is 0 Å². The Morgan fingerprint density at radius 3 is 0.727 bits per heavy atom. The van der Waals surface area contributed by atoms with Crippen LogP contribution in [0, 0.1) is 0 Å². The zero-order valence-corrected chi connectivity index (χ0v) is 26.7. The fourth-order valence-corrected chi connectivity index (χ4v) is 17.3. The highest BCUT2D eigenvalue weighted by Gasteiger charge is 2.51. The van der Waals surface area contributed by atoms with Gasteiger partial charge in [-0.05, 0) is 68.1 Å². The smallest absolute Gasteiger partial charge is 0.0895 e. The summed E-state index contributed by atoms with van der Waals surface area (Å²) in [5, 5.41) is 0. The van der Waals surface area contributed by atoms with E-state index in [1.54, 1.807) is 0 Å². The number of hydrogen-bond acceptors (Lipinski definition) is 6.